The number of hydrogen-bond acceptors (Lipinski definition) is 6. The van der Waals surface area contributed by atoms with Gasteiger partial charge in [-0.3, -0.25) is 9.36 Å². The monoisotopic (exact) mass is 731 g/mol. The molecule has 0 radical (unpaired) electrons. The highest BCUT2D eigenvalue weighted by molar-refractivity contribution is 14.1. The summed E-state index contributed by atoms with van der Waals surface area (Å²) in [4.78, 5) is 34.6. The van der Waals surface area contributed by atoms with Crippen molar-refractivity contribution in [2.75, 3.05) is 12.9 Å². The molecule has 0 saturated heterocycles. The van der Waals surface area contributed by atoms with Crippen LogP contribution in [0.2, 0.25) is 0 Å². The fourth-order valence-corrected chi connectivity index (χ4v) is 7.36. The molecule has 5 aromatic rings. The number of esters is 1. The van der Waals surface area contributed by atoms with E-state index in [9.17, 15) is 9.59 Å². The third-order valence-electron chi connectivity index (χ3n) is 7.65. The number of aromatic nitrogens is 2. The van der Waals surface area contributed by atoms with Crippen molar-refractivity contribution in [3.63, 3.8) is 0 Å². The highest BCUT2D eigenvalue weighted by Gasteiger charge is 2.35. The Balaban J connectivity index is 1.59. The highest BCUT2D eigenvalue weighted by Crippen LogP contribution is 2.35. The number of aryl methyl sites for hydroxylation is 1. The lowest BCUT2D eigenvalue weighted by molar-refractivity contribution is -0.138. The fraction of sp³-hybridized carbons (Fsp3) is 0.171. The second-order valence-electron chi connectivity index (χ2n) is 10.3. The van der Waals surface area contributed by atoms with Gasteiger partial charge in [0.25, 0.3) is 5.56 Å². The molecule has 222 valence electrons. The van der Waals surface area contributed by atoms with Gasteiger partial charge >= 0.3 is 5.97 Å². The summed E-state index contributed by atoms with van der Waals surface area (Å²) in [7, 11) is 0. The van der Waals surface area contributed by atoms with E-state index in [4.69, 9.17) is 9.73 Å². The predicted octanol–water partition coefficient (Wildman–Crippen LogP) is 6.67. The molecular weight excluding hydrogens is 701 g/mol. The Bertz CT molecular complexity index is 2070. The lowest BCUT2D eigenvalue weighted by Gasteiger charge is -2.26. The number of carbonyl (C=O) groups excluding carboxylic acids is 1. The summed E-state index contributed by atoms with van der Waals surface area (Å²) in [6.45, 7) is 6.13. The first-order chi connectivity index (χ1) is 21.3. The molecule has 1 aliphatic rings. The molecule has 0 spiro atoms. The van der Waals surface area contributed by atoms with Gasteiger partial charge in [0.2, 0.25) is 0 Å². The number of hydrogen-bond donors (Lipinski definition) is 0. The van der Waals surface area contributed by atoms with Gasteiger partial charge in [-0.05, 0) is 109 Å². The fourth-order valence-electron chi connectivity index (χ4n) is 5.60. The SMILES string of the molecule is CCOC(=O)C1=C(c2ccccc2)N=c2s/c(=C\c3cc(C)n(-c4ccc(I)cc4)c3C)c(=O)n2[C@@H]1c1ccc(SC)cc1. The zero-order valence-corrected chi connectivity index (χ0v) is 28.5. The van der Waals surface area contributed by atoms with Gasteiger partial charge in [-0.1, -0.05) is 53.8 Å². The summed E-state index contributed by atoms with van der Waals surface area (Å²) in [6, 6.07) is 27.4. The number of ether oxygens (including phenoxy) is 1. The van der Waals surface area contributed by atoms with Crippen molar-refractivity contribution in [2.24, 2.45) is 4.99 Å². The van der Waals surface area contributed by atoms with Crippen LogP contribution in [0, 0.1) is 17.4 Å². The van der Waals surface area contributed by atoms with Gasteiger partial charge in [0, 0.05) is 31.1 Å². The molecule has 1 atom stereocenters. The topological polar surface area (TPSA) is 65.6 Å². The zero-order chi connectivity index (χ0) is 31.0. The van der Waals surface area contributed by atoms with E-state index >= 15 is 0 Å². The van der Waals surface area contributed by atoms with Crippen molar-refractivity contribution in [1.82, 2.24) is 9.13 Å². The zero-order valence-electron chi connectivity index (χ0n) is 24.7. The third-order valence-corrected chi connectivity index (χ3v) is 10.1. The van der Waals surface area contributed by atoms with Crippen LogP contribution >= 0.6 is 45.7 Å². The lowest BCUT2D eigenvalue weighted by atomic mass is 9.93. The average molecular weight is 732 g/mol. The third kappa shape index (κ3) is 5.64. The van der Waals surface area contributed by atoms with Crippen molar-refractivity contribution in [3.05, 3.63) is 142 Å². The van der Waals surface area contributed by atoms with E-state index in [1.165, 1.54) is 14.9 Å². The number of thiazole rings is 1. The second kappa shape index (κ2) is 12.7. The van der Waals surface area contributed by atoms with Gasteiger partial charge in [0.1, 0.15) is 0 Å². The molecule has 6 nitrogen and oxygen atoms in total. The molecule has 9 heteroatoms. The number of fused-ring (bicyclic) bond motifs is 1. The molecular formula is C35H30IN3O3S2. The van der Waals surface area contributed by atoms with Crippen molar-refractivity contribution >= 4 is 63.4 Å². The maximum atomic E-state index is 14.3. The van der Waals surface area contributed by atoms with Gasteiger partial charge < -0.3 is 9.30 Å². The van der Waals surface area contributed by atoms with Crippen molar-refractivity contribution in [2.45, 2.75) is 31.7 Å². The minimum absolute atomic E-state index is 0.194. The Kier molecular flexibility index (Phi) is 8.80. The van der Waals surface area contributed by atoms with Crippen LogP contribution in [0.15, 0.2) is 105 Å². The van der Waals surface area contributed by atoms with E-state index in [2.05, 4.69) is 71.3 Å². The van der Waals surface area contributed by atoms with E-state index in [0.29, 0.717) is 20.6 Å². The van der Waals surface area contributed by atoms with Crippen molar-refractivity contribution < 1.29 is 9.53 Å². The maximum Gasteiger partial charge on any atom is 0.338 e. The predicted molar refractivity (Wildman–Crippen MR) is 187 cm³/mol. The number of rotatable bonds is 7. The largest absolute Gasteiger partial charge is 0.463 e. The van der Waals surface area contributed by atoms with E-state index < -0.39 is 12.0 Å². The summed E-state index contributed by atoms with van der Waals surface area (Å²) in [5, 5.41) is 0. The van der Waals surface area contributed by atoms with Gasteiger partial charge in [-0.25, -0.2) is 9.79 Å². The molecule has 3 aromatic carbocycles. The quantitative estimate of drug-likeness (QED) is 0.107. The Morgan fingerprint density at radius 2 is 1.75 bits per heavy atom. The molecule has 2 aromatic heterocycles. The van der Waals surface area contributed by atoms with Crippen LogP contribution in [0.5, 0.6) is 0 Å². The molecule has 0 N–H and O–H groups in total. The average Bonchev–Trinajstić information content (AvgIpc) is 3.50. The van der Waals surface area contributed by atoms with Crippen LogP contribution in [0.1, 0.15) is 41.0 Å². The summed E-state index contributed by atoms with van der Waals surface area (Å²) in [6.07, 6.45) is 3.96. The number of benzene rings is 3. The molecule has 0 fully saturated rings. The van der Waals surface area contributed by atoms with Crippen molar-refractivity contribution in [1.29, 1.82) is 0 Å². The molecule has 0 saturated carbocycles. The Hall–Kier alpha value is -3.67. The molecule has 1 aliphatic heterocycles. The van der Waals surface area contributed by atoms with E-state index in [1.54, 1.807) is 23.3 Å². The van der Waals surface area contributed by atoms with Crippen LogP contribution in [0.3, 0.4) is 0 Å². The standard InChI is InChI=1S/C35H30IN3O3S2/c1-5-42-34(41)30-31(23-9-7-6-8-10-23)37-35-39(32(30)24-11-17-28(43-4)18-12-24)33(40)29(44-35)20-25-19-21(2)38(22(25)3)27-15-13-26(36)14-16-27/h6-20,32H,5H2,1-4H3/b29-20-/t32-/m1/s1. The van der Waals surface area contributed by atoms with Crippen LogP contribution in [-0.2, 0) is 9.53 Å². The van der Waals surface area contributed by atoms with Gasteiger partial charge in [-0.15, -0.1) is 11.8 Å². The number of thioether (sulfide) groups is 1. The van der Waals surface area contributed by atoms with Crippen LogP contribution in [-0.4, -0.2) is 28.0 Å². The highest BCUT2D eigenvalue weighted by atomic mass is 127. The van der Waals surface area contributed by atoms with Crippen LogP contribution in [0.25, 0.3) is 17.5 Å². The lowest BCUT2D eigenvalue weighted by Crippen LogP contribution is -2.40. The Morgan fingerprint density at radius 3 is 2.41 bits per heavy atom. The molecule has 0 unspecified atom stereocenters. The van der Waals surface area contributed by atoms with Gasteiger partial charge in [-0.2, -0.15) is 0 Å². The first-order valence-corrected chi connectivity index (χ1v) is 17.3. The molecule has 3 heterocycles. The van der Waals surface area contributed by atoms with Crippen LogP contribution < -0.4 is 14.9 Å². The van der Waals surface area contributed by atoms with Crippen molar-refractivity contribution in [3.8, 4) is 5.69 Å². The van der Waals surface area contributed by atoms with E-state index in [0.717, 1.165) is 38.7 Å². The second-order valence-corrected chi connectivity index (χ2v) is 13.5. The minimum Gasteiger partial charge on any atom is -0.463 e. The Morgan fingerprint density at radius 1 is 1.05 bits per heavy atom. The summed E-state index contributed by atoms with van der Waals surface area (Å²) in [5.41, 5.74) is 6.43. The Labute approximate surface area is 277 Å². The minimum atomic E-state index is -0.696. The smallest absolute Gasteiger partial charge is 0.338 e. The molecule has 0 amide bonds. The first kappa shape index (κ1) is 30.4. The summed E-state index contributed by atoms with van der Waals surface area (Å²) >= 11 is 5.28. The molecule has 44 heavy (non-hydrogen) atoms. The normalized spacial score (nSPS) is 14.8. The van der Waals surface area contributed by atoms with Gasteiger partial charge in [0.05, 0.1) is 28.5 Å². The van der Waals surface area contributed by atoms with Crippen LogP contribution in [0.4, 0.5) is 0 Å². The summed E-state index contributed by atoms with van der Waals surface area (Å²) in [5.74, 6) is -0.482. The maximum absolute atomic E-state index is 14.3. The number of carbonyl (C=O) groups is 1. The van der Waals surface area contributed by atoms with Gasteiger partial charge in [0.15, 0.2) is 4.80 Å². The molecule has 6 rings (SSSR count). The molecule has 0 aliphatic carbocycles. The number of halogens is 1. The molecule has 0 bridgehead atoms. The first-order valence-electron chi connectivity index (χ1n) is 14.2. The van der Waals surface area contributed by atoms with E-state index in [1.807, 2.05) is 66.9 Å². The number of nitrogens with zero attached hydrogens (tertiary/aromatic N) is 3. The summed E-state index contributed by atoms with van der Waals surface area (Å²) < 4.78 is 11.2. The van der Waals surface area contributed by atoms with E-state index in [-0.39, 0.29) is 12.2 Å².